The molecule has 4 rings (SSSR count). The quantitative estimate of drug-likeness (QED) is 0.595. The van der Waals surface area contributed by atoms with E-state index in [1.165, 1.54) is 11.1 Å². The first-order chi connectivity index (χ1) is 15.5. The number of carbonyl (C=O) groups excluding carboxylic acids is 2. The summed E-state index contributed by atoms with van der Waals surface area (Å²) < 4.78 is 0. The van der Waals surface area contributed by atoms with Gasteiger partial charge in [0.15, 0.2) is 0 Å². The van der Waals surface area contributed by atoms with Gasteiger partial charge in [-0.05, 0) is 50.5 Å². The van der Waals surface area contributed by atoms with Gasteiger partial charge >= 0.3 is 0 Å². The van der Waals surface area contributed by atoms with E-state index in [2.05, 4.69) is 63.9 Å². The Kier molecular flexibility index (Phi) is 7.22. The van der Waals surface area contributed by atoms with Crippen molar-refractivity contribution in [1.29, 1.82) is 0 Å². The molecule has 2 aromatic rings. The van der Waals surface area contributed by atoms with Crippen LogP contribution in [0.2, 0.25) is 0 Å². The summed E-state index contributed by atoms with van der Waals surface area (Å²) in [5.41, 5.74) is 2.12. The molecule has 6 nitrogen and oxygen atoms in total. The zero-order valence-electron chi connectivity index (χ0n) is 18.9. The van der Waals surface area contributed by atoms with Gasteiger partial charge in [0.25, 0.3) is 0 Å². The van der Waals surface area contributed by atoms with Crippen molar-refractivity contribution < 1.29 is 9.59 Å². The van der Waals surface area contributed by atoms with Crippen molar-refractivity contribution >= 4 is 11.8 Å². The molecule has 0 radical (unpaired) electrons. The molecule has 2 saturated heterocycles. The molecule has 0 aromatic heterocycles. The van der Waals surface area contributed by atoms with Crippen molar-refractivity contribution in [2.45, 2.75) is 38.4 Å². The summed E-state index contributed by atoms with van der Waals surface area (Å²) in [6.45, 7) is 4.90. The van der Waals surface area contributed by atoms with Gasteiger partial charge in [-0.15, -0.1) is 0 Å². The molecule has 6 heteroatoms. The molecule has 2 fully saturated rings. The van der Waals surface area contributed by atoms with Gasteiger partial charge in [0, 0.05) is 26.2 Å². The van der Waals surface area contributed by atoms with E-state index in [1.54, 1.807) is 0 Å². The Hall–Kier alpha value is -2.70. The SMILES string of the molecule is CN(CCCNC(=O)[C@@H]1C[C@]2(CCN(Cc3ccccc3)C2)C(=O)N1)Cc1ccccc1. The lowest BCUT2D eigenvalue weighted by atomic mass is 9.84. The van der Waals surface area contributed by atoms with Crippen molar-refractivity contribution in [1.82, 2.24) is 20.4 Å². The molecule has 0 bridgehead atoms. The second-order valence-corrected chi connectivity index (χ2v) is 9.32. The Morgan fingerprint density at radius 3 is 2.53 bits per heavy atom. The van der Waals surface area contributed by atoms with Crippen molar-refractivity contribution in [3.05, 3.63) is 71.8 Å². The highest BCUT2D eigenvalue weighted by Crippen LogP contribution is 2.40. The Morgan fingerprint density at radius 2 is 1.81 bits per heavy atom. The van der Waals surface area contributed by atoms with Crippen LogP contribution in [0.3, 0.4) is 0 Å². The standard InChI is InChI=1S/C26H34N4O2/c1-29(18-21-9-4-2-5-10-21)15-8-14-27-24(31)23-17-26(25(32)28-23)13-16-30(20-26)19-22-11-6-3-7-12-22/h2-7,9-12,23H,8,13-20H2,1H3,(H,27,31)(H,28,32)/t23-,26-/m0/s1. The van der Waals surface area contributed by atoms with Crippen LogP contribution in [0.15, 0.2) is 60.7 Å². The largest absolute Gasteiger partial charge is 0.354 e. The summed E-state index contributed by atoms with van der Waals surface area (Å²) in [6, 6.07) is 20.3. The van der Waals surface area contributed by atoms with E-state index in [-0.39, 0.29) is 11.8 Å². The predicted molar refractivity (Wildman–Crippen MR) is 126 cm³/mol. The highest BCUT2D eigenvalue weighted by atomic mass is 16.2. The Balaban J connectivity index is 1.19. The summed E-state index contributed by atoms with van der Waals surface area (Å²) in [6.07, 6.45) is 2.29. The number of amides is 2. The minimum atomic E-state index is -0.424. The molecule has 170 valence electrons. The summed E-state index contributed by atoms with van der Waals surface area (Å²) in [5, 5.41) is 5.99. The van der Waals surface area contributed by atoms with E-state index in [4.69, 9.17) is 0 Å². The highest BCUT2D eigenvalue weighted by molar-refractivity contribution is 5.94. The van der Waals surface area contributed by atoms with E-state index in [0.717, 1.165) is 45.6 Å². The Bertz CT molecular complexity index is 905. The molecule has 0 saturated carbocycles. The molecule has 32 heavy (non-hydrogen) atoms. The molecule has 2 N–H and O–H groups in total. The minimum Gasteiger partial charge on any atom is -0.354 e. The monoisotopic (exact) mass is 434 g/mol. The van der Waals surface area contributed by atoms with E-state index < -0.39 is 11.5 Å². The molecule has 2 aliphatic heterocycles. The summed E-state index contributed by atoms with van der Waals surface area (Å²) in [4.78, 5) is 30.1. The number of nitrogens with one attached hydrogen (secondary N) is 2. The fraction of sp³-hybridized carbons (Fsp3) is 0.462. The second-order valence-electron chi connectivity index (χ2n) is 9.32. The molecule has 2 atom stereocenters. The van der Waals surface area contributed by atoms with Crippen molar-refractivity contribution in [2.75, 3.05) is 33.2 Å². The van der Waals surface area contributed by atoms with Crippen LogP contribution in [0.25, 0.3) is 0 Å². The van der Waals surface area contributed by atoms with Gasteiger partial charge in [-0.3, -0.25) is 14.5 Å². The van der Waals surface area contributed by atoms with Gasteiger partial charge in [-0.2, -0.15) is 0 Å². The van der Waals surface area contributed by atoms with E-state index in [9.17, 15) is 9.59 Å². The average Bonchev–Trinajstić information content (AvgIpc) is 3.35. The van der Waals surface area contributed by atoms with Crippen LogP contribution in [0.5, 0.6) is 0 Å². The molecule has 2 heterocycles. The van der Waals surface area contributed by atoms with Crippen LogP contribution in [0.1, 0.15) is 30.4 Å². The summed E-state index contributed by atoms with van der Waals surface area (Å²) in [5.74, 6) is -0.0155. The smallest absolute Gasteiger partial charge is 0.242 e. The number of benzene rings is 2. The molecular formula is C26H34N4O2. The fourth-order valence-corrected chi connectivity index (χ4v) is 4.95. The first-order valence-electron chi connectivity index (χ1n) is 11.6. The second kappa shape index (κ2) is 10.3. The molecule has 2 aromatic carbocycles. The zero-order chi connectivity index (χ0) is 22.4. The van der Waals surface area contributed by atoms with Gasteiger partial charge in [0.1, 0.15) is 6.04 Å². The molecule has 1 spiro atoms. The Labute approximate surface area is 191 Å². The van der Waals surface area contributed by atoms with Crippen LogP contribution in [-0.2, 0) is 22.7 Å². The number of carbonyl (C=O) groups is 2. The number of likely N-dealkylation sites (tertiary alicyclic amines) is 1. The third kappa shape index (κ3) is 5.56. The van der Waals surface area contributed by atoms with Crippen LogP contribution in [0, 0.1) is 5.41 Å². The normalized spacial score (nSPS) is 23.1. The fourth-order valence-electron chi connectivity index (χ4n) is 4.95. The van der Waals surface area contributed by atoms with E-state index >= 15 is 0 Å². The van der Waals surface area contributed by atoms with Crippen LogP contribution in [0.4, 0.5) is 0 Å². The lowest BCUT2D eigenvalue weighted by Gasteiger charge is -2.21. The van der Waals surface area contributed by atoms with Gasteiger partial charge in [-0.25, -0.2) is 0 Å². The molecule has 0 unspecified atom stereocenters. The van der Waals surface area contributed by atoms with E-state index in [0.29, 0.717) is 13.0 Å². The predicted octanol–water partition coefficient (Wildman–Crippen LogP) is 2.41. The van der Waals surface area contributed by atoms with Crippen LogP contribution in [-0.4, -0.2) is 60.9 Å². The molecular weight excluding hydrogens is 400 g/mol. The topological polar surface area (TPSA) is 64.7 Å². The van der Waals surface area contributed by atoms with Crippen molar-refractivity contribution in [3.8, 4) is 0 Å². The average molecular weight is 435 g/mol. The van der Waals surface area contributed by atoms with Crippen molar-refractivity contribution in [2.24, 2.45) is 5.41 Å². The number of hydrogen-bond donors (Lipinski definition) is 2. The lowest BCUT2D eigenvalue weighted by molar-refractivity contribution is -0.128. The van der Waals surface area contributed by atoms with Gasteiger partial charge < -0.3 is 15.5 Å². The number of hydrogen-bond acceptors (Lipinski definition) is 4. The molecule has 0 aliphatic carbocycles. The van der Waals surface area contributed by atoms with Crippen molar-refractivity contribution in [3.63, 3.8) is 0 Å². The van der Waals surface area contributed by atoms with Gasteiger partial charge in [0.2, 0.25) is 11.8 Å². The minimum absolute atomic E-state index is 0.0378. The maximum atomic E-state index is 12.8. The maximum Gasteiger partial charge on any atom is 0.242 e. The molecule has 2 amide bonds. The lowest BCUT2D eigenvalue weighted by Crippen LogP contribution is -2.42. The van der Waals surface area contributed by atoms with Gasteiger partial charge in [0.05, 0.1) is 5.41 Å². The Morgan fingerprint density at radius 1 is 1.12 bits per heavy atom. The summed E-state index contributed by atoms with van der Waals surface area (Å²) >= 11 is 0. The van der Waals surface area contributed by atoms with Crippen LogP contribution < -0.4 is 10.6 Å². The summed E-state index contributed by atoms with van der Waals surface area (Å²) in [7, 11) is 2.09. The number of nitrogens with zero attached hydrogens (tertiary/aromatic N) is 2. The van der Waals surface area contributed by atoms with Crippen LogP contribution >= 0.6 is 0 Å². The van der Waals surface area contributed by atoms with E-state index in [1.807, 2.05) is 24.3 Å². The molecule has 2 aliphatic rings. The third-order valence-electron chi connectivity index (χ3n) is 6.69. The maximum absolute atomic E-state index is 12.8. The van der Waals surface area contributed by atoms with Gasteiger partial charge in [-0.1, -0.05) is 60.7 Å². The first-order valence-corrected chi connectivity index (χ1v) is 11.6. The first kappa shape index (κ1) is 22.5. The number of rotatable bonds is 9. The third-order valence-corrected chi connectivity index (χ3v) is 6.69. The highest BCUT2D eigenvalue weighted by Gasteiger charge is 2.52. The zero-order valence-corrected chi connectivity index (χ0v) is 18.9.